The SMILES string of the molecule is C[C]1[C](C)[C](C)[C](C)[C]1C.[C-]#[O+].[CH]1[CH][CH][CH][CH]1.[CH]=[CH].[Ti]. The largest absolute Gasteiger partial charge is 0.0623 e. The molecule has 0 aromatic carbocycles. The van der Waals surface area contributed by atoms with Gasteiger partial charge in [0.1, 0.15) is 0 Å². The molecule has 2 rings (SSSR count). The smallest absolute Gasteiger partial charge is 0 e. The van der Waals surface area contributed by atoms with Crippen molar-refractivity contribution in [3.8, 4) is 0 Å². The molecule has 0 aromatic heterocycles. The van der Waals surface area contributed by atoms with Crippen molar-refractivity contribution < 1.29 is 26.4 Å². The van der Waals surface area contributed by atoms with E-state index in [2.05, 4.69) is 54.4 Å². The molecule has 0 N–H and O–H groups in total. The molecule has 2 saturated carbocycles. The van der Waals surface area contributed by atoms with Crippen LogP contribution in [0.2, 0.25) is 0 Å². The van der Waals surface area contributed by atoms with Crippen LogP contribution in [-0.4, -0.2) is 0 Å². The van der Waals surface area contributed by atoms with E-state index in [0.717, 1.165) is 0 Å². The zero-order chi connectivity index (χ0) is 15.4. The van der Waals surface area contributed by atoms with E-state index in [9.17, 15) is 0 Å². The Balaban J connectivity index is -0.000000246. The Kier molecular flexibility index (Phi) is 19.6. The first-order valence-electron chi connectivity index (χ1n) is 5.95. The molecule has 12 radical (unpaired) electrons. The Labute approximate surface area is 142 Å². The van der Waals surface area contributed by atoms with Crippen LogP contribution in [0.1, 0.15) is 34.6 Å². The van der Waals surface area contributed by atoms with Crippen LogP contribution in [0.25, 0.3) is 0 Å². The van der Waals surface area contributed by atoms with Gasteiger partial charge in [0.2, 0.25) is 0 Å². The Morgan fingerprint density at radius 1 is 0.600 bits per heavy atom. The summed E-state index contributed by atoms with van der Waals surface area (Å²) in [5.74, 6) is 7.34. The van der Waals surface area contributed by atoms with Crippen molar-refractivity contribution in [2.75, 3.05) is 0 Å². The first-order chi connectivity index (χ1) is 9.05. The predicted octanol–water partition coefficient (Wildman–Crippen LogP) is 4.36. The minimum Gasteiger partial charge on any atom is -0.0623 e. The monoisotopic (exact) mass is 302 g/mol. The molecule has 0 amide bonds. The van der Waals surface area contributed by atoms with Crippen LogP contribution in [0, 0.1) is 81.5 Å². The van der Waals surface area contributed by atoms with Gasteiger partial charge in [-0.15, -0.1) is 0 Å². The maximum atomic E-state index is 7.50. The normalized spacial score (nSPS) is 20.6. The standard InChI is InChI=1S/C10H15.C5H5.C2H2.CO.Ti/c1-6-7(2)9(4)10(5)8(6)3;1-2-4-5-3-1;2*1-2;/h1-5H3;1-5H;1-2H;;. The van der Waals surface area contributed by atoms with Crippen LogP contribution in [0.5, 0.6) is 0 Å². The Hall–Kier alpha value is 0.194. The molecular formula is C18H22OTi. The fourth-order valence-electron chi connectivity index (χ4n) is 1.73. The molecule has 0 aliphatic heterocycles. The third-order valence-corrected chi connectivity index (χ3v) is 3.37. The van der Waals surface area contributed by atoms with Crippen molar-refractivity contribution in [2.24, 2.45) is 0 Å². The van der Waals surface area contributed by atoms with Gasteiger partial charge in [-0.3, -0.25) is 0 Å². The quantitative estimate of drug-likeness (QED) is 0.360. The van der Waals surface area contributed by atoms with Gasteiger partial charge in [-0.2, -0.15) is 0 Å². The van der Waals surface area contributed by atoms with Crippen LogP contribution in [0.15, 0.2) is 0 Å². The summed E-state index contributed by atoms with van der Waals surface area (Å²) in [7, 11) is 0. The van der Waals surface area contributed by atoms with Crippen molar-refractivity contribution in [3.63, 3.8) is 0 Å². The van der Waals surface area contributed by atoms with Gasteiger partial charge in [0.15, 0.2) is 0 Å². The van der Waals surface area contributed by atoms with Gasteiger partial charge in [-0.1, -0.05) is 47.8 Å². The molecule has 2 aliphatic rings. The molecule has 2 aliphatic carbocycles. The average Bonchev–Trinajstić information content (AvgIpc) is 3.10. The fourth-order valence-corrected chi connectivity index (χ4v) is 1.73. The molecule has 0 unspecified atom stereocenters. The van der Waals surface area contributed by atoms with Gasteiger partial charge in [0, 0.05) is 21.7 Å². The minimum atomic E-state index is 0. The molecule has 0 saturated heterocycles. The van der Waals surface area contributed by atoms with Crippen LogP contribution < -0.4 is 0 Å². The second-order valence-corrected chi connectivity index (χ2v) is 4.09. The van der Waals surface area contributed by atoms with Gasteiger partial charge >= 0.3 is 11.3 Å². The van der Waals surface area contributed by atoms with Crippen molar-refractivity contribution in [3.05, 3.63) is 81.5 Å². The third kappa shape index (κ3) is 8.47. The third-order valence-electron chi connectivity index (χ3n) is 3.37. The summed E-state index contributed by atoms with van der Waals surface area (Å²) in [6.07, 6.45) is 10.0. The summed E-state index contributed by atoms with van der Waals surface area (Å²) in [6.45, 7) is 23.5. The molecule has 2 heteroatoms. The molecule has 0 aromatic rings. The fraction of sp³-hybridized carbons (Fsp3) is 0.278. The van der Waals surface area contributed by atoms with E-state index in [1.165, 1.54) is 29.6 Å². The van der Waals surface area contributed by atoms with Crippen LogP contribution in [-0.2, 0) is 26.4 Å². The van der Waals surface area contributed by atoms with E-state index in [4.69, 9.17) is 4.65 Å². The van der Waals surface area contributed by atoms with Crippen molar-refractivity contribution >= 4 is 0 Å². The predicted molar refractivity (Wildman–Crippen MR) is 78.6 cm³/mol. The molecule has 104 valence electrons. The molecule has 0 spiro atoms. The van der Waals surface area contributed by atoms with Crippen molar-refractivity contribution in [1.29, 1.82) is 0 Å². The maximum absolute atomic E-state index is 7.50. The second-order valence-electron chi connectivity index (χ2n) is 4.09. The summed E-state index contributed by atoms with van der Waals surface area (Å²) in [4.78, 5) is 0. The molecule has 1 nitrogen and oxygen atoms in total. The summed E-state index contributed by atoms with van der Waals surface area (Å²) in [5.41, 5.74) is 0. The van der Waals surface area contributed by atoms with Crippen molar-refractivity contribution in [2.45, 2.75) is 34.6 Å². The first kappa shape index (κ1) is 25.2. The van der Waals surface area contributed by atoms with Gasteiger partial charge < -0.3 is 0 Å². The zero-order valence-electron chi connectivity index (χ0n) is 12.9. The first-order valence-corrected chi connectivity index (χ1v) is 5.95. The van der Waals surface area contributed by atoms with E-state index in [0.29, 0.717) is 0 Å². The molecule has 2 fully saturated rings. The van der Waals surface area contributed by atoms with E-state index >= 15 is 0 Å². The molecule has 0 heterocycles. The van der Waals surface area contributed by atoms with Crippen molar-refractivity contribution in [1.82, 2.24) is 0 Å². The molecular weight excluding hydrogens is 280 g/mol. The van der Waals surface area contributed by atoms with E-state index in [1.807, 2.05) is 32.1 Å². The topological polar surface area (TPSA) is 19.9 Å². The van der Waals surface area contributed by atoms with Crippen LogP contribution in [0.4, 0.5) is 0 Å². The second kappa shape index (κ2) is 15.6. The Bertz CT molecular complexity index is 170. The van der Waals surface area contributed by atoms with Gasteiger partial charge in [0.25, 0.3) is 0 Å². The zero-order valence-corrected chi connectivity index (χ0v) is 14.5. The summed E-state index contributed by atoms with van der Waals surface area (Å²) >= 11 is 0. The Morgan fingerprint density at radius 2 is 0.700 bits per heavy atom. The minimum absolute atomic E-state index is 0. The average molecular weight is 302 g/mol. The Morgan fingerprint density at radius 3 is 0.800 bits per heavy atom. The number of rotatable bonds is 0. The molecule has 20 heavy (non-hydrogen) atoms. The van der Waals surface area contributed by atoms with Crippen LogP contribution in [0.3, 0.4) is 0 Å². The maximum Gasteiger partial charge on any atom is 0 e. The summed E-state index contributed by atoms with van der Waals surface area (Å²) < 4.78 is 7.50. The van der Waals surface area contributed by atoms with Crippen LogP contribution >= 0.6 is 0 Å². The van der Waals surface area contributed by atoms with Gasteiger partial charge in [-0.25, -0.2) is 0 Å². The molecule has 0 atom stereocenters. The van der Waals surface area contributed by atoms with E-state index in [1.54, 1.807) is 0 Å². The van der Waals surface area contributed by atoms with Gasteiger partial charge in [-0.05, 0) is 61.7 Å². The summed E-state index contributed by atoms with van der Waals surface area (Å²) in [5, 5.41) is 0. The molecule has 0 bridgehead atoms. The number of hydrogen-bond acceptors (Lipinski definition) is 0. The van der Waals surface area contributed by atoms with E-state index in [-0.39, 0.29) is 21.7 Å². The van der Waals surface area contributed by atoms with E-state index < -0.39 is 0 Å². The number of hydrogen-bond donors (Lipinski definition) is 0. The summed E-state index contributed by atoms with van der Waals surface area (Å²) in [6, 6.07) is 0. The van der Waals surface area contributed by atoms with Gasteiger partial charge in [0.05, 0.1) is 0 Å².